The maximum atomic E-state index is 12.7. The van der Waals surface area contributed by atoms with Gasteiger partial charge >= 0.3 is 5.97 Å². The molecule has 1 rings (SSSR count). The van der Waals surface area contributed by atoms with Gasteiger partial charge in [-0.3, -0.25) is 9.59 Å². The van der Waals surface area contributed by atoms with E-state index < -0.39 is 28.8 Å². The lowest BCUT2D eigenvalue weighted by atomic mass is 10.1. The van der Waals surface area contributed by atoms with Crippen molar-refractivity contribution in [3.05, 3.63) is 35.1 Å². The fourth-order valence-corrected chi connectivity index (χ4v) is 0.879. The molecule has 17 heavy (non-hydrogen) atoms. The van der Waals surface area contributed by atoms with Gasteiger partial charge in [0.25, 0.3) is 0 Å². The van der Waals surface area contributed by atoms with Crippen molar-refractivity contribution in [2.45, 2.75) is 13.8 Å². The number of Topliss-reactive ketones (excluding diaryl/α,β-unsaturated/α-hetero) is 1. The number of benzene rings is 1. The first-order valence-corrected chi connectivity index (χ1v) is 4.49. The molecule has 1 aromatic carbocycles. The SMILES string of the molecule is CC(=O)c1c(F)cc(F)cc1F.COC(C)=O. The lowest BCUT2D eigenvalue weighted by Crippen LogP contribution is -2.02. The second kappa shape index (κ2) is 6.67. The minimum Gasteiger partial charge on any atom is -0.469 e. The zero-order valence-corrected chi connectivity index (χ0v) is 9.51. The molecule has 0 aliphatic heterocycles. The Morgan fingerprint density at radius 1 is 1.06 bits per heavy atom. The first-order valence-electron chi connectivity index (χ1n) is 4.49. The Morgan fingerprint density at radius 3 is 1.65 bits per heavy atom. The van der Waals surface area contributed by atoms with Crippen molar-refractivity contribution in [2.24, 2.45) is 0 Å². The van der Waals surface area contributed by atoms with Crippen molar-refractivity contribution in [1.29, 1.82) is 0 Å². The molecule has 0 unspecified atom stereocenters. The van der Waals surface area contributed by atoms with Crippen molar-refractivity contribution in [1.82, 2.24) is 0 Å². The Bertz CT molecular complexity index is 407. The average molecular weight is 248 g/mol. The molecule has 0 aliphatic rings. The van der Waals surface area contributed by atoms with Crippen LogP contribution >= 0.6 is 0 Å². The van der Waals surface area contributed by atoms with E-state index in [1.54, 1.807) is 0 Å². The molecule has 0 spiro atoms. The number of rotatable bonds is 1. The number of esters is 1. The number of hydrogen-bond acceptors (Lipinski definition) is 3. The first-order chi connectivity index (χ1) is 7.79. The van der Waals surface area contributed by atoms with Crippen LogP contribution in [0.25, 0.3) is 0 Å². The van der Waals surface area contributed by atoms with Crippen LogP contribution in [0.4, 0.5) is 13.2 Å². The van der Waals surface area contributed by atoms with Crippen LogP contribution in [0.15, 0.2) is 12.1 Å². The molecule has 0 bridgehead atoms. The van der Waals surface area contributed by atoms with Crippen LogP contribution in [-0.4, -0.2) is 18.9 Å². The Labute approximate surface area is 96.2 Å². The molecule has 0 fully saturated rings. The second-order valence-corrected chi connectivity index (χ2v) is 3.00. The van der Waals surface area contributed by atoms with Gasteiger partial charge in [0.05, 0.1) is 12.7 Å². The van der Waals surface area contributed by atoms with Crippen LogP contribution in [-0.2, 0) is 9.53 Å². The third-order valence-corrected chi connectivity index (χ3v) is 1.65. The smallest absolute Gasteiger partial charge is 0.302 e. The molecule has 0 aromatic heterocycles. The minimum atomic E-state index is -1.17. The summed E-state index contributed by atoms with van der Waals surface area (Å²) in [5.74, 6) is -4.37. The largest absolute Gasteiger partial charge is 0.469 e. The molecular formula is C11H11F3O3. The average Bonchev–Trinajstić information content (AvgIpc) is 2.15. The summed E-state index contributed by atoms with van der Waals surface area (Å²) >= 11 is 0. The van der Waals surface area contributed by atoms with Gasteiger partial charge in [-0.25, -0.2) is 13.2 Å². The van der Waals surface area contributed by atoms with Gasteiger partial charge < -0.3 is 4.74 Å². The van der Waals surface area contributed by atoms with Crippen LogP contribution in [0.2, 0.25) is 0 Å². The predicted octanol–water partition coefficient (Wildman–Crippen LogP) is 2.49. The highest BCUT2D eigenvalue weighted by atomic mass is 19.1. The number of ketones is 1. The van der Waals surface area contributed by atoms with E-state index in [9.17, 15) is 22.8 Å². The fourth-order valence-electron chi connectivity index (χ4n) is 0.879. The number of carbonyl (C=O) groups is 2. The molecule has 1 aromatic rings. The van der Waals surface area contributed by atoms with Gasteiger partial charge in [-0.05, 0) is 6.92 Å². The van der Waals surface area contributed by atoms with E-state index in [0.29, 0.717) is 12.1 Å². The number of carbonyl (C=O) groups excluding carboxylic acids is 2. The molecule has 0 heterocycles. The Kier molecular flexibility index (Phi) is 5.95. The molecule has 94 valence electrons. The van der Waals surface area contributed by atoms with E-state index in [1.165, 1.54) is 14.0 Å². The van der Waals surface area contributed by atoms with Crippen LogP contribution in [0.1, 0.15) is 24.2 Å². The number of halogens is 3. The highest BCUT2D eigenvalue weighted by molar-refractivity contribution is 5.94. The predicted molar refractivity (Wildman–Crippen MR) is 54.0 cm³/mol. The lowest BCUT2D eigenvalue weighted by Gasteiger charge is -1.99. The first kappa shape index (κ1) is 15.2. The van der Waals surface area contributed by atoms with Gasteiger partial charge in [0, 0.05) is 19.1 Å². The molecular weight excluding hydrogens is 237 g/mol. The van der Waals surface area contributed by atoms with Crippen molar-refractivity contribution >= 4 is 11.8 Å². The quantitative estimate of drug-likeness (QED) is 0.566. The lowest BCUT2D eigenvalue weighted by molar-refractivity contribution is -0.137. The number of hydrogen-bond donors (Lipinski definition) is 0. The van der Waals surface area contributed by atoms with E-state index >= 15 is 0 Å². The van der Waals surface area contributed by atoms with E-state index in [-0.39, 0.29) is 5.97 Å². The highest BCUT2D eigenvalue weighted by Gasteiger charge is 2.14. The summed E-state index contributed by atoms with van der Waals surface area (Å²) in [6.45, 7) is 2.37. The van der Waals surface area contributed by atoms with E-state index in [1.807, 2.05) is 0 Å². The molecule has 0 amide bonds. The Morgan fingerprint density at radius 2 is 1.41 bits per heavy atom. The van der Waals surface area contributed by atoms with Gasteiger partial charge in [-0.15, -0.1) is 0 Å². The Hall–Kier alpha value is -1.85. The van der Waals surface area contributed by atoms with Crippen molar-refractivity contribution in [2.75, 3.05) is 7.11 Å². The van der Waals surface area contributed by atoms with Crippen LogP contribution in [0.5, 0.6) is 0 Å². The summed E-state index contributed by atoms with van der Waals surface area (Å²) in [5, 5.41) is 0. The molecule has 0 radical (unpaired) electrons. The van der Waals surface area contributed by atoms with E-state index in [2.05, 4.69) is 4.74 Å². The molecule has 0 N–H and O–H groups in total. The molecule has 0 atom stereocenters. The maximum absolute atomic E-state index is 12.7. The van der Waals surface area contributed by atoms with Crippen molar-refractivity contribution < 1.29 is 27.5 Å². The molecule has 0 saturated heterocycles. The molecule has 6 heteroatoms. The number of ether oxygens (including phenoxy) is 1. The molecule has 0 saturated carbocycles. The summed E-state index contributed by atoms with van der Waals surface area (Å²) in [5.41, 5.74) is -0.698. The maximum Gasteiger partial charge on any atom is 0.302 e. The summed E-state index contributed by atoms with van der Waals surface area (Å²) in [6, 6.07) is 0.944. The zero-order valence-electron chi connectivity index (χ0n) is 9.51. The topological polar surface area (TPSA) is 43.4 Å². The van der Waals surface area contributed by atoms with Gasteiger partial charge in [-0.1, -0.05) is 0 Å². The second-order valence-electron chi connectivity index (χ2n) is 3.00. The molecule has 3 nitrogen and oxygen atoms in total. The van der Waals surface area contributed by atoms with Crippen molar-refractivity contribution in [3.63, 3.8) is 0 Å². The fraction of sp³-hybridized carbons (Fsp3) is 0.273. The van der Waals surface area contributed by atoms with Crippen LogP contribution < -0.4 is 0 Å². The molecule has 0 aliphatic carbocycles. The van der Waals surface area contributed by atoms with Gasteiger partial charge in [0.15, 0.2) is 5.78 Å². The van der Waals surface area contributed by atoms with Crippen LogP contribution in [0.3, 0.4) is 0 Å². The van der Waals surface area contributed by atoms with E-state index in [0.717, 1.165) is 6.92 Å². The summed E-state index contributed by atoms with van der Waals surface area (Å²) in [6.07, 6.45) is 0. The summed E-state index contributed by atoms with van der Waals surface area (Å²) in [7, 11) is 1.35. The minimum absolute atomic E-state index is 0.245. The standard InChI is InChI=1S/C8H5F3O.C3H6O2/c1-4(12)8-6(10)2-5(9)3-7(8)11;1-3(4)5-2/h2-3H,1H3;1-2H3. The van der Waals surface area contributed by atoms with Gasteiger partial charge in [0.2, 0.25) is 0 Å². The van der Waals surface area contributed by atoms with Gasteiger partial charge in [0.1, 0.15) is 17.5 Å². The van der Waals surface area contributed by atoms with E-state index in [4.69, 9.17) is 0 Å². The summed E-state index contributed by atoms with van der Waals surface area (Å²) < 4.78 is 41.7. The van der Waals surface area contributed by atoms with Crippen molar-refractivity contribution in [3.8, 4) is 0 Å². The van der Waals surface area contributed by atoms with Gasteiger partial charge in [-0.2, -0.15) is 0 Å². The highest BCUT2D eigenvalue weighted by Crippen LogP contribution is 2.14. The van der Waals surface area contributed by atoms with Crippen LogP contribution in [0, 0.1) is 17.5 Å². The zero-order chi connectivity index (χ0) is 13.6. The summed E-state index contributed by atoms with van der Waals surface area (Å²) in [4.78, 5) is 20.2. The monoisotopic (exact) mass is 248 g/mol. The third-order valence-electron chi connectivity index (χ3n) is 1.65. The number of methoxy groups -OCH3 is 1. The normalized spacial score (nSPS) is 9.06. The third kappa shape index (κ3) is 5.14. The Balaban J connectivity index is 0.000000437.